The van der Waals surface area contributed by atoms with E-state index in [-0.39, 0.29) is 25.4 Å². The van der Waals surface area contributed by atoms with Crippen molar-refractivity contribution in [2.24, 2.45) is 0 Å². The van der Waals surface area contributed by atoms with E-state index < -0.39 is 11.5 Å². The highest BCUT2D eigenvalue weighted by Gasteiger charge is 2.44. The van der Waals surface area contributed by atoms with Crippen molar-refractivity contribution in [1.29, 1.82) is 0 Å². The van der Waals surface area contributed by atoms with E-state index in [1.165, 1.54) is 0 Å². The Morgan fingerprint density at radius 1 is 1.32 bits per heavy atom. The number of carbonyl (C=O) groups excluding carboxylic acids is 1. The number of rotatable bonds is 5. The number of nitrogens with one attached hydrogen (secondary N) is 1. The minimum absolute atomic E-state index is 0.00465. The van der Waals surface area contributed by atoms with Gasteiger partial charge >= 0.3 is 5.97 Å². The van der Waals surface area contributed by atoms with Gasteiger partial charge in [-0.25, -0.2) is 9.48 Å². The molecule has 1 unspecified atom stereocenters. The summed E-state index contributed by atoms with van der Waals surface area (Å²) in [7, 11) is 0. The van der Waals surface area contributed by atoms with Crippen LogP contribution in [0.4, 0.5) is 0 Å². The van der Waals surface area contributed by atoms with Crippen molar-refractivity contribution in [3.63, 3.8) is 0 Å². The highest BCUT2D eigenvalue weighted by atomic mass is 16.5. The zero-order valence-corrected chi connectivity index (χ0v) is 14.3. The molecule has 1 aliphatic rings. The van der Waals surface area contributed by atoms with Gasteiger partial charge in [-0.2, -0.15) is 5.10 Å². The molecule has 3 rings (SSSR count). The predicted octanol–water partition coefficient (Wildman–Crippen LogP) is 1.39. The van der Waals surface area contributed by atoms with Crippen molar-refractivity contribution in [2.45, 2.75) is 32.2 Å². The molecule has 0 spiro atoms. The lowest BCUT2D eigenvalue weighted by Gasteiger charge is -2.23. The molecule has 1 saturated heterocycles. The van der Waals surface area contributed by atoms with Crippen LogP contribution < -0.4 is 5.32 Å². The predicted molar refractivity (Wildman–Crippen MR) is 90.7 cm³/mol. The summed E-state index contributed by atoms with van der Waals surface area (Å²) in [6.45, 7) is 4.08. The lowest BCUT2D eigenvalue weighted by atomic mass is 9.98. The maximum atomic E-state index is 12.5. The third-order valence-corrected chi connectivity index (χ3v) is 4.59. The largest absolute Gasteiger partial charge is 0.479 e. The van der Waals surface area contributed by atoms with E-state index in [1.807, 2.05) is 44.2 Å². The number of aliphatic carboxylic acids is 1. The second-order valence-corrected chi connectivity index (χ2v) is 6.31. The maximum Gasteiger partial charge on any atom is 0.331 e. The van der Waals surface area contributed by atoms with E-state index in [9.17, 15) is 14.7 Å². The van der Waals surface area contributed by atoms with Crippen LogP contribution in [0.1, 0.15) is 23.4 Å². The van der Waals surface area contributed by atoms with Crippen molar-refractivity contribution in [3.05, 3.63) is 47.3 Å². The quantitative estimate of drug-likeness (QED) is 0.856. The number of nitrogens with zero attached hydrogens (tertiary/aromatic N) is 2. The third-order valence-electron chi connectivity index (χ3n) is 4.59. The summed E-state index contributed by atoms with van der Waals surface area (Å²) in [5.74, 6) is -1.40. The molecule has 25 heavy (non-hydrogen) atoms. The molecule has 7 heteroatoms. The molecule has 2 N–H and O–H groups in total. The summed E-state index contributed by atoms with van der Waals surface area (Å²) in [5, 5.41) is 16.6. The number of aromatic nitrogens is 2. The first kappa shape index (κ1) is 17.2. The molecule has 1 aromatic carbocycles. The van der Waals surface area contributed by atoms with Gasteiger partial charge in [0.05, 0.1) is 24.4 Å². The van der Waals surface area contributed by atoms with Gasteiger partial charge < -0.3 is 15.2 Å². The van der Waals surface area contributed by atoms with Crippen LogP contribution in [-0.4, -0.2) is 45.5 Å². The molecular weight excluding hydrogens is 322 g/mol. The van der Waals surface area contributed by atoms with E-state index in [0.717, 1.165) is 22.6 Å². The van der Waals surface area contributed by atoms with E-state index in [0.29, 0.717) is 6.61 Å². The lowest BCUT2D eigenvalue weighted by Crippen LogP contribution is -2.55. The molecule has 0 aliphatic carbocycles. The SMILES string of the molecule is Cc1nn(-c2ccccc2)c(C)c1CC(=O)NC1(C(=O)O)CCOC1. The molecule has 1 amide bonds. The van der Waals surface area contributed by atoms with Crippen LogP contribution in [-0.2, 0) is 20.7 Å². The maximum absolute atomic E-state index is 12.5. The Kier molecular flexibility index (Phi) is 4.59. The summed E-state index contributed by atoms with van der Waals surface area (Å²) in [5.41, 5.74) is 2.02. The van der Waals surface area contributed by atoms with Gasteiger partial charge in [-0.3, -0.25) is 4.79 Å². The van der Waals surface area contributed by atoms with Gasteiger partial charge in [0.2, 0.25) is 5.91 Å². The highest BCUT2D eigenvalue weighted by molar-refractivity contribution is 5.88. The fraction of sp³-hybridized carbons (Fsp3) is 0.389. The molecule has 0 bridgehead atoms. The number of hydrogen-bond donors (Lipinski definition) is 2. The summed E-state index contributed by atoms with van der Waals surface area (Å²) < 4.78 is 6.97. The minimum Gasteiger partial charge on any atom is -0.479 e. The standard InChI is InChI=1S/C18H21N3O4/c1-12-15(13(2)21(20-12)14-6-4-3-5-7-14)10-16(22)19-18(17(23)24)8-9-25-11-18/h3-7H,8-11H2,1-2H3,(H,19,22)(H,23,24). The number of benzene rings is 1. The second-order valence-electron chi connectivity index (χ2n) is 6.31. The number of para-hydroxylation sites is 1. The fourth-order valence-electron chi connectivity index (χ4n) is 3.11. The Labute approximate surface area is 145 Å². The second kappa shape index (κ2) is 6.68. The number of aryl methyl sites for hydroxylation is 1. The van der Waals surface area contributed by atoms with Gasteiger partial charge in [-0.15, -0.1) is 0 Å². The van der Waals surface area contributed by atoms with Gasteiger partial charge in [-0.05, 0) is 26.0 Å². The molecule has 1 aromatic heterocycles. The molecule has 7 nitrogen and oxygen atoms in total. The van der Waals surface area contributed by atoms with Crippen molar-refractivity contribution in [1.82, 2.24) is 15.1 Å². The molecule has 2 heterocycles. The van der Waals surface area contributed by atoms with Gasteiger partial charge in [0.25, 0.3) is 0 Å². The first-order chi connectivity index (χ1) is 11.9. The third kappa shape index (κ3) is 3.28. The number of carboxylic acid groups (broad SMARTS) is 1. The van der Waals surface area contributed by atoms with Crippen LogP contribution >= 0.6 is 0 Å². The van der Waals surface area contributed by atoms with Gasteiger partial charge in [0.15, 0.2) is 5.54 Å². The van der Waals surface area contributed by atoms with Crippen molar-refractivity contribution < 1.29 is 19.4 Å². The van der Waals surface area contributed by atoms with Crippen LogP contribution in [0.15, 0.2) is 30.3 Å². The van der Waals surface area contributed by atoms with E-state index in [1.54, 1.807) is 4.68 Å². The summed E-state index contributed by atoms with van der Waals surface area (Å²) in [6, 6.07) is 9.67. The first-order valence-corrected chi connectivity index (χ1v) is 8.15. The summed E-state index contributed by atoms with van der Waals surface area (Å²) in [6.07, 6.45) is 0.356. The van der Waals surface area contributed by atoms with Crippen LogP contribution in [0.5, 0.6) is 0 Å². The van der Waals surface area contributed by atoms with Crippen LogP contribution in [0, 0.1) is 13.8 Å². The number of ether oxygens (including phenoxy) is 1. The topological polar surface area (TPSA) is 93.5 Å². The van der Waals surface area contributed by atoms with E-state index in [4.69, 9.17) is 4.74 Å². The number of hydrogen-bond acceptors (Lipinski definition) is 4. The molecule has 0 saturated carbocycles. The Hall–Kier alpha value is -2.67. The molecule has 0 radical (unpaired) electrons. The average Bonchev–Trinajstić information content (AvgIpc) is 3.17. The monoisotopic (exact) mass is 343 g/mol. The first-order valence-electron chi connectivity index (χ1n) is 8.15. The Balaban J connectivity index is 1.80. The highest BCUT2D eigenvalue weighted by Crippen LogP contribution is 2.21. The van der Waals surface area contributed by atoms with E-state index in [2.05, 4.69) is 10.4 Å². The molecule has 132 valence electrons. The van der Waals surface area contributed by atoms with Gasteiger partial charge in [0.1, 0.15) is 0 Å². The van der Waals surface area contributed by atoms with Gasteiger partial charge in [0, 0.05) is 24.3 Å². The summed E-state index contributed by atoms with van der Waals surface area (Å²) >= 11 is 0. The number of carbonyl (C=O) groups is 2. The molecule has 1 fully saturated rings. The van der Waals surface area contributed by atoms with Crippen molar-refractivity contribution in [2.75, 3.05) is 13.2 Å². The van der Waals surface area contributed by atoms with Crippen LogP contribution in [0.25, 0.3) is 5.69 Å². The molecular formula is C18H21N3O4. The Morgan fingerprint density at radius 2 is 2.04 bits per heavy atom. The lowest BCUT2D eigenvalue weighted by molar-refractivity contribution is -0.147. The van der Waals surface area contributed by atoms with Crippen LogP contribution in [0.2, 0.25) is 0 Å². The van der Waals surface area contributed by atoms with Crippen LogP contribution in [0.3, 0.4) is 0 Å². The smallest absolute Gasteiger partial charge is 0.331 e. The Bertz CT molecular complexity index is 792. The minimum atomic E-state index is -1.33. The van der Waals surface area contributed by atoms with Gasteiger partial charge in [-0.1, -0.05) is 18.2 Å². The molecule has 1 aliphatic heterocycles. The zero-order chi connectivity index (χ0) is 18.0. The Morgan fingerprint density at radius 3 is 2.64 bits per heavy atom. The molecule has 1 atom stereocenters. The molecule has 2 aromatic rings. The number of carboxylic acids is 1. The van der Waals surface area contributed by atoms with E-state index >= 15 is 0 Å². The van der Waals surface area contributed by atoms with Crippen molar-refractivity contribution in [3.8, 4) is 5.69 Å². The average molecular weight is 343 g/mol. The normalized spacial score (nSPS) is 19.8. The fourth-order valence-corrected chi connectivity index (χ4v) is 3.11. The number of amides is 1. The summed E-state index contributed by atoms with van der Waals surface area (Å²) in [4.78, 5) is 24.0. The zero-order valence-electron chi connectivity index (χ0n) is 14.3. The van der Waals surface area contributed by atoms with Crippen molar-refractivity contribution >= 4 is 11.9 Å².